The SMILES string of the molecule is C=C/C(=C\C=C/CC)CC(C(=O)O)C(/C=C\C)=C/C. The minimum atomic E-state index is -0.807. The molecule has 0 radical (unpaired) electrons. The predicted molar refractivity (Wildman–Crippen MR) is 82.0 cm³/mol. The Morgan fingerprint density at radius 1 is 1.37 bits per heavy atom. The molecule has 1 N–H and O–H groups in total. The molecule has 0 heterocycles. The zero-order valence-electron chi connectivity index (χ0n) is 12.1. The molecule has 0 spiro atoms. The highest BCUT2D eigenvalue weighted by Crippen LogP contribution is 2.22. The number of rotatable bonds is 8. The van der Waals surface area contributed by atoms with Gasteiger partial charge in [-0.2, -0.15) is 0 Å². The van der Waals surface area contributed by atoms with Crippen molar-refractivity contribution in [2.75, 3.05) is 0 Å². The fraction of sp³-hybridized carbons (Fsp3) is 0.353. The van der Waals surface area contributed by atoms with Crippen molar-refractivity contribution in [3.8, 4) is 0 Å². The van der Waals surface area contributed by atoms with Crippen LogP contribution in [0.5, 0.6) is 0 Å². The van der Waals surface area contributed by atoms with E-state index in [1.54, 1.807) is 6.08 Å². The number of hydrogen-bond acceptors (Lipinski definition) is 1. The summed E-state index contributed by atoms with van der Waals surface area (Å²) in [5.41, 5.74) is 1.75. The lowest BCUT2D eigenvalue weighted by Crippen LogP contribution is -2.16. The van der Waals surface area contributed by atoms with Crippen LogP contribution in [0.25, 0.3) is 0 Å². The molecular weight excluding hydrogens is 236 g/mol. The number of carboxylic acids is 1. The highest BCUT2D eigenvalue weighted by atomic mass is 16.4. The number of allylic oxidation sites excluding steroid dienone is 8. The summed E-state index contributed by atoms with van der Waals surface area (Å²) in [6, 6.07) is 0. The van der Waals surface area contributed by atoms with E-state index in [1.807, 2.05) is 50.3 Å². The van der Waals surface area contributed by atoms with Crippen LogP contribution in [0.3, 0.4) is 0 Å². The average Bonchev–Trinajstić information content (AvgIpc) is 2.40. The van der Waals surface area contributed by atoms with Crippen LogP contribution in [0.2, 0.25) is 0 Å². The van der Waals surface area contributed by atoms with E-state index in [9.17, 15) is 9.90 Å². The van der Waals surface area contributed by atoms with Crippen LogP contribution < -0.4 is 0 Å². The summed E-state index contributed by atoms with van der Waals surface area (Å²) >= 11 is 0. The molecule has 0 fully saturated rings. The second-order valence-corrected chi connectivity index (χ2v) is 4.17. The number of aliphatic carboxylic acids is 1. The molecule has 0 saturated heterocycles. The van der Waals surface area contributed by atoms with E-state index in [2.05, 4.69) is 13.5 Å². The summed E-state index contributed by atoms with van der Waals surface area (Å²) in [6.45, 7) is 9.55. The Morgan fingerprint density at radius 3 is 2.47 bits per heavy atom. The molecule has 0 aliphatic rings. The first-order chi connectivity index (χ1) is 9.10. The van der Waals surface area contributed by atoms with Gasteiger partial charge in [0.2, 0.25) is 0 Å². The average molecular weight is 260 g/mol. The van der Waals surface area contributed by atoms with Gasteiger partial charge in [0.25, 0.3) is 0 Å². The molecular formula is C17H24O2. The van der Waals surface area contributed by atoms with Crippen LogP contribution >= 0.6 is 0 Å². The van der Waals surface area contributed by atoms with Crippen molar-refractivity contribution < 1.29 is 9.90 Å². The maximum absolute atomic E-state index is 11.4. The van der Waals surface area contributed by atoms with Gasteiger partial charge in [0.1, 0.15) is 0 Å². The summed E-state index contributed by atoms with van der Waals surface area (Å²) in [7, 11) is 0. The molecule has 0 saturated carbocycles. The molecule has 0 aromatic heterocycles. The smallest absolute Gasteiger partial charge is 0.311 e. The predicted octanol–water partition coefficient (Wildman–Crippen LogP) is 4.68. The fourth-order valence-corrected chi connectivity index (χ4v) is 1.74. The minimum absolute atomic E-state index is 0.455. The summed E-state index contributed by atoms with van der Waals surface area (Å²) in [5, 5.41) is 9.36. The van der Waals surface area contributed by atoms with Gasteiger partial charge in [-0.1, -0.05) is 56.0 Å². The molecule has 2 heteroatoms. The van der Waals surface area contributed by atoms with E-state index in [1.165, 1.54) is 0 Å². The number of carbonyl (C=O) groups is 1. The molecule has 0 aliphatic heterocycles. The van der Waals surface area contributed by atoms with E-state index in [4.69, 9.17) is 0 Å². The fourth-order valence-electron chi connectivity index (χ4n) is 1.74. The molecule has 1 atom stereocenters. The number of hydrogen-bond donors (Lipinski definition) is 1. The maximum Gasteiger partial charge on any atom is 0.311 e. The van der Waals surface area contributed by atoms with Gasteiger partial charge < -0.3 is 5.11 Å². The van der Waals surface area contributed by atoms with E-state index < -0.39 is 11.9 Å². The Balaban J connectivity index is 5.11. The van der Waals surface area contributed by atoms with Crippen molar-refractivity contribution in [1.29, 1.82) is 0 Å². The van der Waals surface area contributed by atoms with Gasteiger partial charge in [0.15, 0.2) is 0 Å². The first-order valence-electron chi connectivity index (χ1n) is 6.60. The third-order valence-electron chi connectivity index (χ3n) is 2.78. The van der Waals surface area contributed by atoms with Crippen LogP contribution in [-0.2, 0) is 4.79 Å². The quantitative estimate of drug-likeness (QED) is 0.643. The van der Waals surface area contributed by atoms with E-state index >= 15 is 0 Å². The molecule has 19 heavy (non-hydrogen) atoms. The maximum atomic E-state index is 11.4. The van der Waals surface area contributed by atoms with Crippen LogP contribution in [0.1, 0.15) is 33.6 Å². The second kappa shape index (κ2) is 10.1. The van der Waals surface area contributed by atoms with Crippen molar-refractivity contribution in [2.45, 2.75) is 33.6 Å². The van der Waals surface area contributed by atoms with E-state index in [-0.39, 0.29) is 0 Å². The van der Waals surface area contributed by atoms with Crippen molar-refractivity contribution in [1.82, 2.24) is 0 Å². The molecule has 0 amide bonds. The Bertz CT molecular complexity index is 409. The first-order valence-corrected chi connectivity index (χ1v) is 6.60. The molecule has 0 aliphatic carbocycles. The zero-order chi connectivity index (χ0) is 14.7. The molecule has 104 valence electrons. The molecule has 0 aromatic rings. The topological polar surface area (TPSA) is 37.3 Å². The molecule has 0 rings (SSSR count). The number of carboxylic acid groups (broad SMARTS) is 1. The molecule has 0 bridgehead atoms. The van der Waals surface area contributed by atoms with Crippen molar-refractivity contribution in [3.05, 3.63) is 60.3 Å². The second-order valence-electron chi connectivity index (χ2n) is 4.17. The van der Waals surface area contributed by atoms with Gasteiger partial charge >= 0.3 is 5.97 Å². The van der Waals surface area contributed by atoms with E-state index in [0.717, 1.165) is 17.6 Å². The van der Waals surface area contributed by atoms with Crippen molar-refractivity contribution in [2.24, 2.45) is 5.92 Å². The molecule has 0 aromatic carbocycles. The summed E-state index contributed by atoms with van der Waals surface area (Å²) in [4.78, 5) is 11.4. The lowest BCUT2D eigenvalue weighted by atomic mass is 9.91. The summed E-state index contributed by atoms with van der Waals surface area (Å²) in [5.74, 6) is -1.33. The molecule has 1 unspecified atom stereocenters. The van der Waals surface area contributed by atoms with Gasteiger partial charge in [-0.05, 0) is 37.8 Å². The van der Waals surface area contributed by atoms with Crippen molar-refractivity contribution in [3.63, 3.8) is 0 Å². The Hall–Kier alpha value is -1.83. The van der Waals surface area contributed by atoms with Crippen LogP contribution in [0.4, 0.5) is 0 Å². The Kier molecular flexibility index (Phi) is 9.15. The third kappa shape index (κ3) is 6.61. The van der Waals surface area contributed by atoms with Gasteiger partial charge in [-0.25, -0.2) is 0 Å². The van der Waals surface area contributed by atoms with Gasteiger partial charge in [-0.15, -0.1) is 0 Å². The normalized spacial score (nSPS) is 15.1. The van der Waals surface area contributed by atoms with Gasteiger partial charge in [0.05, 0.1) is 5.92 Å². The summed E-state index contributed by atoms with van der Waals surface area (Å²) < 4.78 is 0. The van der Waals surface area contributed by atoms with Crippen LogP contribution in [0, 0.1) is 5.92 Å². The first kappa shape index (κ1) is 17.2. The highest BCUT2D eigenvalue weighted by Gasteiger charge is 2.20. The Labute approximate surface area is 116 Å². The third-order valence-corrected chi connectivity index (χ3v) is 2.78. The van der Waals surface area contributed by atoms with Gasteiger partial charge in [-0.3, -0.25) is 4.79 Å². The van der Waals surface area contributed by atoms with Crippen molar-refractivity contribution >= 4 is 5.97 Å². The molecule has 2 nitrogen and oxygen atoms in total. The van der Waals surface area contributed by atoms with Crippen LogP contribution in [-0.4, -0.2) is 11.1 Å². The lowest BCUT2D eigenvalue weighted by molar-refractivity contribution is -0.140. The van der Waals surface area contributed by atoms with Crippen LogP contribution in [0.15, 0.2) is 60.3 Å². The van der Waals surface area contributed by atoms with Gasteiger partial charge in [0, 0.05) is 0 Å². The summed E-state index contributed by atoms with van der Waals surface area (Å²) in [6.07, 6.45) is 14.6. The lowest BCUT2D eigenvalue weighted by Gasteiger charge is -2.14. The standard InChI is InChI=1S/C17H24O2/c1-5-9-10-12-14(7-3)13-16(17(18)19)15(8-4)11-6-2/h6-12,16H,3,5,13H2,1-2,4H3,(H,18,19)/b10-9-,11-6-,14-12+,15-8+. The minimum Gasteiger partial charge on any atom is -0.481 e. The largest absolute Gasteiger partial charge is 0.481 e. The zero-order valence-corrected chi connectivity index (χ0v) is 12.1. The van der Waals surface area contributed by atoms with E-state index in [0.29, 0.717) is 6.42 Å². The Morgan fingerprint density at radius 2 is 2.05 bits per heavy atom. The monoisotopic (exact) mass is 260 g/mol. The highest BCUT2D eigenvalue weighted by molar-refractivity contribution is 5.75.